The number of halogens is 3. The van der Waals surface area contributed by atoms with Gasteiger partial charge in [-0.05, 0) is 31.4 Å². The van der Waals surface area contributed by atoms with Crippen LogP contribution in [0.1, 0.15) is 32.6 Å². The summed E-state index contributed by atoms with van der Waals surface area (Å²) < 4.78 is 41.4. The summed E-state index contributed by atoms with van der Waals surface area (Å²) in [6, 6.07) is 3.56. The van der Waals surface area contributed by atoms with Crippen LogP contribution in [0.3, 0.4) is 0 Å². The van der Waals surface area contributed by atoms with Gasteiger partial charge in [0.15, 0.2) is 11.6 Å². The molecule has 0 saturated heterocycles. The topological polar surface area (TPSA) is 34.1 Å². The lowest BCUT2D eigenvalue weighted by molar-refractivity contribution is -0.135. The molecule has 0 fully saturated rings. The van der Waals surface area contributed by atoms with Crippen molar-refractivity contribution in [2.75, 3.05) is 18.5 Å². The molecule has 1 aromatic heterocycles. The highest BCUT2D eigenvalue weighted by atomic mass is 19.4. The largest absolute Gasteiger partial charge is 0.490 e. The first-order valence-electron chi connectivity index (χ1n) is 6.41. The van der Waals surface area contributed by atoms with Crippen LogP contribution in [-0.4, -0.2) is 24.3 Å². The molecule has 0 atom stereocenters. The molecule has 108 valence electrons. The third-order valence-corrected chi connectivity index (χ3v) is 2.41. The van der Waals surface area contributed by atoms with Gasteiger partial charge in [-0.1, -0.05) is 6.92 Å². The Labute approximate surface area is 111 Å². The van der Waals surface area contributed by atoms with E-state index in [1.807, 2.05) is 6.92 Å². The van der Waals surface area contributed by atoms with Crippen LogP contribution in [0, 0.1) is 0 Å². The normalized spacial score (nSPS) is 11.4. The van der Waals surface area contributed by atoms with Crippen LogP contribution in [0.5, 0.6) is 5.75 Å². The zero-order valence-corrected chi connectivity index (χ0v) is 11.0. The number of unbranched alkanes of at least 4 members (excludes halogenated alkanes) is 1. The summed E-state index contributed by atoms with van der Waals surface area (Å²) in [5, 5.41) is 3.00. The van der Waals surface area contributed by atoms with Gasteiger partial charge in [-0.15, -0.1) is 0 Å². The molecule has 0 spiro atoms. The highest BCUT2D eigenvalue weighted by Gasteiger charge is 2.25. The van der Waals surface area contributed by atoms with Gasteiger partial charge in [-0.3, -0.25) is 0 Å². The summed E-state index contributed by atoms with van der Waals surface area (Å²) in [7, 11) is 0. The smallest absolute Gasteiger partial charge is 0.389 e. The third kappa shape index (κ3) is 6.88. The van der Waals surface area contributed by atoms with Gasteiger partial charge in [0.05, 0.1) is 6.61 Å². The number of nitrogens with zero attached hydrogens (tertiary/aromatic N) is 1. The SMILES string of the molecule is CCCOc1cccnc1NCCCCC(F)(F)F. The van der Waals surface area contributed by atoms with E-state index in [0.29, 0.717) is 31.1 Å². The Morgan fingerprint density at radius 3 is 2.79 bits per heavy atom. The Morgan fingerprint density at radius 1 is 1.32 bits per heavy atom. The molecule has 0 bridgehead atoms. The van der Waals surface area contributed by atoms with Gasteiger partial charge in [0.2, 0.25) is 0 Å². The molecule has 0 radical (unpaired) electrons. The first-order valence-corrected chi connectivity index (χ1v) is 6.41. The van der Waals surface area contributed by atoms with Gasteiger partial charge in [0.1, 0.15) is 0 Å². The molecule has 0 unspecified atom stereocenters. The van der Waals surface area contributed by atoms with Gasteiger partial charge in [0, 0.05) is 19.2 Å². The van der Waals surface area contributed by atoms with E-state index in [2.05, 4.69) is 10.3 Å². The number of rotatable bonds is 8. The van der Waals surface area contributed by atoms with Crippen molar-refractivity contribution in [2.24, 2.45) is 0 Å². The molecule has 0 aliphatic heterocycles. The predicted octanol–water partition coefficient (Wildman–Crippen LogP) is 4.01. The maximum absolute atomic E-state index is 12.0. The highest BCUT2D eigenvalue weighted by Crippen LogP contribution is 2.23. The van der Waals surface area contributed by atoms with E-state index >= 15 is 0 Å². The number of hydrogen-bond acceptors (Lipinski definition) is 3. The lowest BCUT2D eigenvalue weighted by Crippen LogP contribution is -2.10. The Hall–Kier alpha value is -1.46. The molecule has 0 saturated carbocycles. The number of ether oxygens (including phenoxy) is 1. The van der Waals surface area contributed by atoms with Crippen molar-refractivity contribution in [2.45, 2.75) is 38.8 Å². The molecular weight excluding hydrogens is 257 g/mol. The molecule has 1 N–H and O–H groups in total. The van der Waals surface area contributed by atoms with Gasteiger partial charge in [-0.25, -0.2) is 4.98 Å². The molecule has 0 aromatic carbocycles. The standard InChI is InChI=1S/C13H19F3N2O/c1-2-10-19-11-6-5-9-18-12(11)17-8-4-3-7-13(14,15)16/h5-6,9H,2-4,7-8,10H2,1H3,(H,17,18). The predicted molar refractivity (Wildman–Crippen MR) is 68.4 cm³/mol. The average molecular weight is 276 g/mol. The van der Waals surface area contributed by atoms with Crippen molar-refractivity contribution in [3.8, 4) is 5.75 Å². The summed E-state index contributed by atoms with van der Waals surface area (Å²) in [5.41, 5.74) is 0. The molecule has 0 aliphatic carbocycles. The Balaban J connectivity index is 2.32. The lowest BCUT2D eigenvalue weighted by atomic mass is 10.2. The summed E-state index contributed by atoms with van der Waals surface area (Å²) in [6.07, 6.45) is -1.73. The lowest BCUT2D eigenvalue weighted by Gasteiger charge is -2.11. The van der Waals surface area contributed by atoms with E-state index < -0.39 is 12.6 Å². The van der Waals surface area contributed by atoms with E-state index in [9.17, 15) is 13.2 Å². The molecule has 1 rings (SSSR count). The fourth-order valence-electron chi connectivity index (χ4n) is 1.51. The second-order valence-electron chi connectivity index (χ2n) is 4.20. The minimum atomic E-state index is -4.07. The minimum absolute atomic E-state index is 0.120. The number of aromatic nitrogens is 1. The molecule has 3 nitrogen and oxygen atoms in total. The van der Waals surface area contributed by atoms with E-state index in [1.165, 1.54) is 0 Å². The number of pyridine rings is 1. The van der Waals surface area contributed by atoms with Crippen LogP contribution in [0.15, 0.2) is 18.3 Å². The monoisotopic (exact) mass is 276 g/mol. The van der Waals surface area contributed by atoms with Crippen LogP contribution in [0.4, 0.5) is 19.0 Å². The summed E-state index contributed by atoms with van der Waals surface area (Å²) in [6.45, 7) is 3.05. The minimum Gasteiger partial charge on any atom is -0.490 e. The number of anilines is 1. The van der Waals surface area contributed by atoms with Gasteiger partial charge in [0.25, 0.3) is 0 Å². The molecule has 6 heteroatoms. The maximum Gasteiger partial charge on any atom is 0.389 e. The first kappa shape index (κ1) is 15.6. The Bertz CT molecular complexity index is 369. The van der Waals surface area contributed by atoms with Crippen LogP contribution < -0.4 is 10.1 Å². The quantitative estimate of drug-likeness (QED) is 0.728. The molecule has 0 amide bonds. The van der Waals surface area contributed by atoms with Crippen molar-refractivity contribution in [1.82, 2.24) is 4.98 Å². The second kappa shape index (κ2) is 7.86. The Morgan fingerprint density at radius 2 is 2.11 bits per heavy atom. The van der Waals surface area contributed by atoms with E-state index in [1.54, 1.807) is 18.3 Å². The number of nitrogens with one attached hydrogen (secondary N) is 1. The van der Waals surface area contributed by atoms with Crippen LogP contribution in [-0.2, 0) is 0 Å². The van der Waals surface area contributed by atoms with Crippen molar-refractivity contribution < 1.29 is 17.9 Å². The molecular formula is C13H19F3N2O. The molecule has 1 heterocycles. The highest BCUT2D eigenvalue weighted by molar-refractivity contribution is 5.49. The van der Waals surface area contributed by atoms with Crippen molar-refractivity contribution >= 4 is 5.82 Å². The zero-order chi connectivity index (χ0) is 14.1. The van der Waals surface area contributed by atoms with E-state index in [4.69, 9.17) is 4.74 Å². The van der Waals surface area contributed by atoms with E-state index in [0.717, 1.165) is 6.42 Å². The summed E-state index contributed by atoms with van der Waals surface area (Å²) >= 11 is 0. The average Bonchev–Trinajstić information content (AvgIpc) is 2.36. The fraction of sp³-hybridized carbons (Fsp3) is 0.615. The van der Waals surface area contributed by atoms with Crippen molar-refractivity contribution in [3.05, 3.63) is 18.3 Å². The molecule has 0 aliphatic rings. The summed E-state index contributed by atoms with van der Waals surface area (Å²) in [5.74, 6) is 1.23. The molecule has 1 aromatic rings. The number of hydrogen-bond donors (Lipinski definition) is 1. The van der Waals surface area contributed by atoms with Gasteiger partial charge >= 0.3 is 6.18 Å². The third-order valence-electron chi connectivity index (χ3n) is 2.41. The summed E-state index contributed by atoms with van der Waals surface area (Å²) in [4.78, 5) is 4.12. The van der Waals surface area contributed by atoms with Crippen molar-refractivity contribution in [1.29, 1.82) is 0 Å². The Kier molecular flexibility index (Phi) is 6.45. The van der Waals surface area contributed by atoms with E-state index in [-0.39, 0.29) is 6.42 Å². The second-order valence-corrected chi connectivity index (χ2v) is 4.20. The first-order chi connectivity index (χ1) is 9.03. The van der Waals surface area contributed by atoms with Crippen LogP contribution in [0.25, 0.3) is 0 Å². The van der Waals surface area contributed by atoms with Gasteiger partial charge in [-0.2, -0.15) is 13.2 Å². The fourth-order valence-corrected chi connectivity index (χ4v) is 1.51. The van der Waals surface area contributed by atoms with Crippen LogP contribution in [0.2, 0.25) is 0 Å². The van der Waals surface area contributed by atoms with Crippen LogP contribution >= 0.6 is 0 Å². The zero-order valence-electron chi connectivity index (χ0n) is 11.0. The number of alkyl halides is 3. The van der Waals surface area contributed by atoms with Gasteiger partial charge < -0.3 is 10.1 Å². The molecule has 19 heavy (non-hydrogen) atoms. The maximum atomic E-state index is 12.0. The van der Waals surface area contributed by atoms with Crippen molar-refractivity contribution in [3.63, 3.8) is 0 Å².